The fourth-order valence-electron chi connectivity index (χ4n) is 3.23. The largest absolute Gasteiger partial charge is 0.454 e. The van der Waals surface area contributed by atoms with E-state index in [-0.39, 0.29) is 17.9 Å². The minimum absolute atomic E-state index is 0.0410. The molecule has 2 aromatic rings. The van der Waals surface area contributed by atoms with E-state index in [0.717, 1.165) is 15.4 Å². The maximum absolute atomic E-state index is 13.1. The van der Waals surface area contributed by atoms with Crippen molar-refractivity contribution in [2.75, 3.05) is 18.5 Å². The molecule has 2 aromatic carbocycles. The monoisotopic (exact) mass is 432 g/mol. The highest BCUT2D eigenvalue weighted by Gasteiger charge is 2.44. The number of rotatable bonds is 6. The number of amides is 1. The topological polar surface area (TPSA) is 113 Å². The van der Waals surface area contributed by atoms with Crippen molar-refractivity contribution < 1.29 is 27.9 Å². The molecule has 2 atom stereocenters. The van der Waals surface area contributed by atoms with Crippen molar-refractivity contribution in [1.29, 1.82) is 0 Å². The normalized spacial score (nSPS) is 19.4. The van der Waals surface area contributed by atoms with Gasteiger partial charge in [0, 0.05) is 18.7 Å². The molecular weight excluding hydrogens is 408 g/mol. The van der Waals surface area contributed by atoms with Gasteiger partial charge in [-0.3, -0.25) is 9.59 Å². The number of hydrogen-bond donors (Lipinski definition) is 2. The zero-order valence-electron chi connectivity index (χ0n) is 16.7. The number of aliphatic hydroxyl groups excluding tert-OH is 1. The van der Waals surface area contributed by atoms with Crippen LogP contribution in [-0.2, 0) is 24.3 Å². The van der Waals surface area contributed by atoms with E-state index in [1.54, 1.807) is 43.3 Å². The van der Waals surface area contributed by atoms with E-state index >= 15 is 0 Å². The number of nitrogens with zero attached hydrogens (tertiary/aromatic N) is 1. The maximum atomic E-state index is 13.1. The molecule has 2 N–H and O–H groups in total. The lowest BCUT2D eigenvalue weighted by Gasteiger charge is -2.22. The van der Waals surface area contributed by atoms with E-state index in [9.17, 15) is 23.1 Å². The second kappa shape index (κ2) is 8.95. The Labute approximate surface area is 175 Å². The van der Waals surface area contributed by atoms with E-state index in [0.29, 0.717) is 5.69 Å². The van der Waals surface area contributed by atoms with Crippen molar-refractivity contribution in [2.45, 2.75) is 37.3 Å². The van der Waals surface area contributed by atoms with Crippen LogP contribution in [0, 0.1) is 13.8 Å². The highest BCUT2D eigenvalue weighted by atomic mass is 32.2. The first-order valence-corrected chi connectivity index (χ1v) is 10.9. The van der Waals surface area contributed by atoms with Gasteiger partial charge in [0.05, 0.1) is 11.0 Å². The second-order valence-corrected chi connectivity index (χ2v) is 9.14. The van der Waals surface area contributed by atoms with Crippen LogP contribution < -0.4 is 5.32 Å². The Morgan fingerprint density at radius 1 is 1.13 bits per heavy atom. The molecule has 8 nitrogen and oxygen atoms in total. The minimum Gasteiger partial charge on any atom is -0.454 e. The Hall–Kier alpha value is -2.75. The van der Waals surface area contributed by atoms with Crippen LogP contribution in [0.5, 0.6) is 0 Å². The summed E-state index contributed by atoms with van der Waals surface area (Å²) in [4.78, 5) is 24.6. The Morgan fingerprint density at radius 2 is 1.83 bits per heavy atom. The molecule has 1 saturated heterocycles. The highest BCUT2D eigenvalue weighted by molar-refractivity contribution is 7.89. The molecule has 1 fully saturated rings. The molecule has 160 valence electrons. The van der Waals surface area contributed by atoms with Crippen molar-refractivity contribution in [3.63, 3.8) is 0 Å². The van der Waals surface area contributed by atoms with E-state index < -0.39 is 40.7 Å². The van der Waals surface area contributed by atoms with Gasteiger partial charge >= 0.3 is 5.97 Å². The Kier molecular flexibility index (Phi) is 6.55. The third kappa shape index (κ3) is 4.86. The predicted molar refractivity (Wildman–Crippen MR) is 110 cm³/mol. The highest BCUT2D eigenvalue weighted by Crippen LogP contribution is 2.28. The summed E-state index contributed by atoms with van der Waals surface area (Å²) in [6.07, 6.45) is -1.09. The van der Waals surface area contributed by atoms with Gasteiger partial charge in [-0.25, -0.2) is 8.42 Å². The number of carbonyl (C=O) groups excluding carboxylic acids is 2. The van der Waals surface area contributed by atoms with Crippen LogP contribution in [0.2, 0.25) is 0 Å². The molecule has 1 aliphatic heterocycles. The molecule has 30 heavy (non-hydrogen) atoms. The number of esters is 1. The number of β-amino-alcohol motifs (C(OH)–C–C–N with tert-alkyl or cyclic N) is 1. The van der Waals surface area contributed by atoms with Crippen molar-refractivity contribution in [3.8, 4) is 0 Å². The number of benzene rings is 2. The van der Waals surface area contributed by atoms with Gasteiger partial charge in [0.15, 0.2) is 6.61 Å². The Balaban J connectivity index is 1.69. The predicted octanol–water partition coefficient (Wildman–Crippen LogP) is 1.61. The first-order chi connectivity index (χ1) is 14.2. The van der Waals surface area contributed by atoms with E-state index in [4.69, 9.17) is 4.74 Å². The number of nitrogens with one attached hydrogen (secondary N) is 1. The van der Waals surface area contributed by atoms with Crippen LogP contribution in [0.1, 0.15) is 17.5 Å². The van der Waals surface area contributed by atoms with Gasteiger partial charge in [0.2, 0.25) is 10.0 Å². The molecule has 0 spiro atoms. The summed E-state index contributed by atoms with van der Waals surface area (Å²) in [5.41, 5.74) is 2.29. The molecule has 0 aromatic heterocycles. The SMILES string of the molecule is Cc1ccc(S(=O)(=O)N2CC(O)C[C@H]2C(=O)OCC(=O)Nc2ccccc2)cc1C. The summed E-state index contributed by atoms with van der Waals surface area (Å²) in [7, 11) is -4.02. The Bertz CT molecular complexity index is 1040. The quantitative estimate of drug-likeness (QED) is 0.671. The number of ether oxygens (including phenoxy) is 1. The molecule has 0 bridgehead atoms. The zero-order chi connectivity index (χ0) is 21.9. The summed E-state index contributed by atoms with van der Waals surface area (Å²) >= 11 is 0. The third-order valence-electron chi connectivity index (χ3n) is 4.99. The zero-order valence-corrected chi connectivity index (χ0v) is 17.6. The molecule has 1 aliphatic rings. The number of sulfonamides is 1. The summed E-state index contributed by atoms with van der Waals surface area (Å²) in [5.74, 6) is -1.42. The number of aliphatic hydroxyl groups is 1. The van der Waals surface area contributed by atoms with E-state index in [2.05, 4.69) is 5.32 Å². The summed E-state index contributed by atoms with van der Waals surface area (Å²) in [6, 6.07) is 12.2. The Morgan fingerprint density at radius 3 is 2.50 bits per heavy atom. The smallest absolute Gasteiger partial charge is 0.325 e. The van der Waals surface area contributed by atoms with Gasteiger partial charge in [-0.2, -0.15) is 4.31 Å². The molecule has 0 aliphatic carbocycles. The summed E-state index contributed by atoms with van der Waals surface area (Å²) < 4.78 is 32.1. The van der Waals surface area contributed by atoms with Gasteiger partial charge in [0.1, 0.15) is 6.04 Å². The third-order valence-corrected chi connectivity index (χ3v) is 6.86. The van der Waals surface area contributed by atoms with Crippen LogP contribution >= 0.6 is 0 Å². The number of aryl methyl sites for hydroxylation is 2. The summed E-state index contributed by atoms with van der Waals surface area (Å²) in [6.45, 7) is 2.89. The lowest BCUT2D eigenvalue weighted by molar-refractivity contribution is -0.150. The van der Waals surface area contributed by atoms with Crippen molar-refractivity contribution in [1.82, 2.24) is 4.31 Å². The first kappa shape index (κ1) is 21.9. The number of carbonyl (C=O) groups is 2. The average Bonchev–Trinajstić information content (AvgIpc) is 3.11. The van der Waals surface area contributed by atoms with Gasteiger partial charge < -0.3 is 15.2 Å². The van der Waals surface area contributed by atoms with Crippen molar-refractivity contribution >= 4 is 27.6 Å². The number of hydrogen-bond acceptors (Lipinski definition) is 6. The fraction of sp³-hybridized carbons (Fsp3) is 0.333. The molecule has 9 heteroatoms. The molecule has 0 radical (unpaired) electrons. The lowest BCUT2D eigenvalue weighted by atomic mass is 10.1. The van der Waals surface area contributed by atoms with Gasteiger partial charge in [-0.05, 0) is 49.2 Å². The van der Waals surface area contributed by atoms with Crippen LogP contribution in [0.15, 0.2) is 53.4 Å². The average molecular weight is 432 g/mol. The second-order valence-electron chi connectivity index (χ2n) is 7.25. The van der Waals surface area contributed by atoms with Gasteiger partial charge in [-0.1, -0.05) is 24.3 Å². The molecule has 1 unspecified atom stereocenters. The van der Waals surface area contributed by atoms with E-state index in [1.165, 1.54) is 12.1 Å². The van der Waals surface area contributed by atoms with Gasteiger partial charge in [0.25, 0.3) is 5.91 Å². The lowest BCUT2D eigenvalue weighted by Crippen LogP contribution is -2.42. The molecular formula is C21H24N2O6S. The number of para-hydroxylation sites is 1. The van der Waals surface area contributed by atoms with Crippen molar-refractivity contribution in [3.05, 3.63) is 59.7 Å². The maximum Gasteiger partial charge on any atom is 0.325 e. The fourth-order valence-corrected chi connectivity index (χ4v) is 4.94. The van der Waals surface area contributed by atoms with Crippen LogP contribution in [0.25, 0.3) is 0 Å². The number of anilines is 1. The summed E-state index contributed by atoms with van der Waals surface area (Å²) in [5, 5.41) is 12.6. The minimum atomic E-state index is -4.02. The molecule has 1 heterocycles. The standard InChI is InChI=1S/C21H24N2O6S/c1-14-8-9-18(10-15(14)2)30(27,28)23-12-17(24)11-19(23)21(26)29-13-20(25)22-16-6-4-3-5-7-16/h3-10,17,19,24H,11-13H2,1-2H3,(H,22,25)/t17?,19-/m0/s1. The van der Waals surface area contributed by atoms with Crippen LogP contribution in [0.3, 0.4) is 0 Å². The van der Waals surface area contributed by atoms with E-state index in [1.807, 2.05) is 6.92 Å². The van der Waals surface area contributed by atoms with Crippen LogP contribution in [0.4, 0.5) is 5.69 Å². The van der Waals surface area contributed by atoms with Crippen LogP contribution in [-0.4, -0.2) is 55.0 Å². The first-order valence-electron chi connectivity index (χ1n) is 9.47. The molecule has 3 rings (SSSR count). The van der Waals surface area contributed by atoms with Gasteiger partial charge in [-0.15, -0.1) is 0 Å². The molecule has 1 amide bonds. The van der Waals surface area contributed by atoms with Crippen molar-refractivity contribution in [2.24, 2.45) is 0 Å². The molecule has 0 saturated carbocycles.